The van der Waals surface area contributed by atoms with Gasteiger partial charge in [-0.3, -0.25) is 0 Å². The first-order valence-electron chi connectivity index (χ1n) is 6.15. The maximum atomic E-state index is 4.27. The van der Waals surface area contributed by atoms with Gasteiger partial charge in [0.2, 0.25) is 0 Å². The van der Waals surface area contributed by atoms with E-state index < -0.39 is 0 Å². The van der Waals surface area contributed by atoms with Crippen LogP contribution in [0.25, 0.3) is 0 Å². The van der Waals surface area contributed by atoms with Gasteiger partial charge >= 0.3 is 0 Å². The van der Waals surface area contributed by atoms with Crippen LogP contribution in [-0.2, 0) is 6.54 Å². The van der Waals surface area contributed by atoms with Crippen LogP contribution in [0.1, 0.15) is 50.8 Å². The third kappa shape index (κ3) is 2.59. The molecule has 1 aliphatic rings. The van der Waals surface area contributed by atoms with Crippen LogP contribution >= 0.6 is 0 Å². The highest BCUT2D eigenvalue weighted by molar-refractivity contribution is 5.07. The quantitative estimate of drug-likeness (QED) is 0.752. The molecular formula is C12H21N3. The average Bonchev–Trinajstić information content (AvgIpc) is 2.87. The normalized spacial score (nSPS) is 21.0. The number of aromatic nitrogens is 2. The van der Waals surface area contributed by atoms with Gasteiger partial charge in [0.05, 0.1) is 12.0 Å². The lowest BCUT2D eigenvalue weighted by Gasteiger charge is -2.13. The van der Waals surface area contributed by atoms with E-state index in [1.165, 1.54) is 37.8 Å². The zero-order chi connectivity index (χ0) is 10.5. The SMILES string of the molecule is CCCCCn1cncc1C1CCCN1. The molecule has 0 saturated carbocycles. The summed E-state index contributed by atoms with van der Waals surface area (Å²) in [5, 5.41) is 3.53. The fourth-order valence-corrected chi connectivity index (χ4v) is 2.28. The fraction of sp³-hybridized carbons (Fsp3) is 0.750. The molecular weight excluding hydrogens is 186 g/mol. The van der Waals surface area contributed by atoms with Crippen LogP contribution < -0.4 is 5.32 Å². The van der Waals surface area contributed by atoms with Crippen LogP contribution in [-0.4, -0.2) is 16.1 Å². The molecule has 1 fully saturated rings. The Labute approximate surface area is 91.9 Å². The van der Waals surface area contributed by atoms with Gasteiger partial charge in [0.1, 0.15) is 0 Å². The van der Waals surface area contributed by atoms with E-state index in [4.69, 9.17) is 0 Å². The number of nitrogens with zero attached hydrogens (tertiary/aromatic N) is 2. The molecule has 2 heterocycles. The van der Waals surface area contributed by atoms with Crippen LogP contribution in [0.15, 0.2) is 12.5 Å². The van der Waals surface area contributed by atoms with Gasteiger partial charge in [-0.05, 0) is 25.8 Å². The van der Waals surface area contributed by atoms with Gasteiger partial charge in [0.25, 0.3) is 0 Å². The minimum absolute atomic E-state index is 0.550. The number of hydrogen-bond donors (Lipinski definition) is 1. The minimum atomic E-state index is 0.550. The van der Waals surface area contributed by atoms with Crippen LogP contribution in [0.4, 0.5) is 0 Å². The molecule has 1 N–H and O–H groups in total. The van der Waals surface area contributed by atoms with Crippen molar-refractivity contribution >= 4 is 0 Å². The van der Waals surface area contributed by atoms with E-state index in [1.807, 2.05) is 12.5 Å². The molecule has 0 aromatic carbocycles. The van der Waals surface area contributed by atoms with Gasteiger partial charge in [-0.1, -0.05) is 19.8 Å². The number of rotatable bonds is 5. The molecule has 3 heteroatoms. The maximum Gasteiger partial charge on any atom is 0.0948 e. The number of hydrogen-bond acceptors (Lipinski definition) is 2. The highest BCUT2D eigenvalue weighted by Crippen LogP contribution is 2.22. The van der Waals surface area contributed by atoms with E-state index in [-0.39, 0.29) is 0 Å². The Morgan fingerprint density at radius 2 is 2.47 bits per heavy atom. The van der Waals surface area contributed by atoms with Crippen molar-refractivity contribution in [3.63, 3.8) is 0 Å². The minimum Gasteiger partial charge on any atom is -0.333 e. The van der Waals surface area contributed by atoms with Crippen molar-refractivity contribution in [1.29, 1.82) is 0 Å². The molecule has 0 spiro atoms. The molecule has 1 atom stereocenters. The maximum absolute atomic E-state index is 4.27. The summed E-state index contributed by atoms with van der Waals surface area (Å²) in [7, 11) is 0. The predicted molar refractivity (Wildman–Crippen MR) is 61.7 cm³/mol. The second-order valence-corrected chi connectivity index (χ2v) is 4.37. The van der Waals surface area contributed by atoms with Gasteiger partial charge in [0.15, 0.2) is 0 Å². The van der Waals surface area contributed by atoms with Crippen LogP contribution in [0.2, 0.25) is 0 Å². The first kappa shape index (κ1) is 10.7. The summed E-state index contributed by atoms with van der Waals surface area (Å²) in [6.45, 7) is 4.53. The second kappa shape index (κ2) is 5.31. The van der Waals surface area contributed by atoms with Crippen molar-refractivity contribution in [1.82, 2.24) is 14.9 Å². The van der Waals surface area contributed by atoms with Crippen molar-refractivity contribution in [3.05, 3.63) is 18.2 Å². The fourth-order valence-electron chi connectivity index (χ4n) is 2.28. The van der Waals surface area contributed by atoms with Crippen LogP contribution in [0.5, 0.6) is 0 Å². The molecule has 1 saturated heterocycles. The summed E-state index contributed by atoms with van der Waals surface area (Å²) in [6.07, 6.45) is 10.4. The van der Waals surface area contributed by atoms with E-state index in [9.17, 15) is 0 Å². The highest BCUT2D eigenvalue weighted by Gasteiger charge is 2.19. The molecule has 1 unspecified atom stereocenters. The highest BCUT2D eigenvalue weighted by atomic mass is 15.1. The standard InChI is InChI=1S/C12H21N3/c1-2-3-4-8-15-10-13-9-12(15)11-6-5-7-14-11/h9-11,14H,2-8H2,1H3. The Balaban J connectivity index is 1.95. The third-order valence-corrected chi connectivity index (χ3v) is 3.16. The summed E-state index contributed by atoms with van der Waals surface area (Å²) >= 11 is 0. The smallest absolute Gasteiger partial charge is 0.0948 e. The summed E-state index contributed by atoms with van der Waals surface area (Å²) in [5.41, 5.74) is 1.38. The third-order valence-electron chi connectivity index (χ3n) is 3.16. The van der Waals surface area contributed by atoms with E-state index in [2.05, 4.69) is 21.8 Å². The van der Waals surface area contributed by atoms with Crippen molar-refractivity contribution in [2.75, 3.05) is 6.54 Å². The first-order valence-corrected chi connectivity index (χ1v) is 6.15. The Kier molecular flexibility index (Phi) is 3.78. The zero-order valence-corrected chi connectivity index (χ0v) is 9.58. The van der Waals surface area contributed by atoms with E-state index in [0.717, 1.165) is 13.1 Å². The lowest BCUT2D eigenvalue weighted by Crippen LogP contribution is -2.16. The molecule has 3 nitrogen and oxygen atoms in total. The van der Waals surface area contributed by atoms with Gasteiger partial charge in [-0.15, -0.1) is 0 Å². The van der Waals surface area contributed by atoms with E-state index in [1.54, 1.807) is 0 Å². The lowest BCUT2D eigenvalue weighted by molar-refractivity contribution is 0.535. The second-order valence-electron chi connectivity index (χ2n) is 4.37. The molecule has 0 aliphatic carbocycles. The van der Waals surface area contributed by atoms with Crippen LogP contribution in [0, 0.1) is 0 Å². The molecule has 2 rings (SSSR count). The summed E-state index contributed by atoms with van der Waals surface area (Å²) < 4.78 is 2.32. The van der Waals surface area contributed by atoms with Crippen LogP contribution in [0.3, 0.4) is 0 Å². The van der Waals surface area contributed by atoms with Gasteiger partial charge < -0.3 is 9.88 Å². The van der Waals surface area contributed by atoms with Gasteiger partial charge in [-0.2, -0.15) is 0 Å². The van der Waals surface area contributed by atoms with E-state index >= 15 is 0 Å². The zero-order valence-electron chi connectivity index (χ0n) is 9.58. The number of unbranched alkanes of at least 4 members (excludes halogenated alkanes) is 2. The number of aryl methyl sites for hydroxylation is 1. The molecule has 1 aromatic heterocycles. The van der Waals surface area contributed by atoms with Crippen molar-refractivity contribution in [3.8, 4) is 0 Å². The number of imidazole rings is 1. The van der Waals surface area contributed by atoms with Crippen molar-refractivity contribution < 1.29 is 0 Å². The Bertz CT molecular complexity index is 287. The molecule has 0 radical (unpaired) electrons. The van der Waals surface area contributed by atoms with E-state index in [0.29, 0.717) is 6.04 Å². The Morgan fingerprint density at radius 3 is 3.20 bits per heavy atom. The predicted octanol–water partition coefficient (Wildman–Crippen LogP) is 2.50. The first-order chi connectivity index (χ1) is 7.42. The number of nitrogens with one attached hydrogen (secondary N) is 1. The Morgan fingerprint density at radius 1 is 1.53 bits per heavy atom. The summed E-state index contributed by atoms with van der Waals surface area (Å²) in [4.78, 5) is 4.27. The topological polar surface area (TPSA) is 29.9 Å². The largest absolute Gasteiger partial charge is 0.333 e. The molecule has 84 valence electrons. The monoisotopic (exact) mass is 207 g/mol. The average molecular weight is 207 g/mol. The van der Waals surface area contributed by atoms with Crippen molar-refractivity contribution in [2.24, 2.45) is 0 Å². The van der Waals surface area contributed by atoms with Crippen molar-refractivity contribution in [2.45, 2.75) is 51.6 Å². The van der Waals surface area contributed by atoms with Gasteiger partial charge in [0, 0.05) is 18.8 Å². The Hall–Kier alpha value is -0.830. The molecule has 0 amide bonds. The molecule has 1 aromatic rings. The van der Waals surface area contributed by atoms with Gasteiger partial charge in [-0.25, -0.2) is 4.98 Å². The molecule has 15 heavy (non-hydrogen) atoms. The summed E-state index contributed by atoms with van der Waals surface area (Å²) in [5.74, 6) is 0. The molecule has 0 bridgehead atoms. The summed E-state index contributed by atoms with van der Waals surface area (Å²) in [6, 6.07) is 0.550. The lowest BCUT2D eigenvalue weighted by atomic mass is 10.1. The molecule has 1 aliphatic heterocycles.